The minimum Gasteiger partial charge on any atom is -0.383 e. The van der Waals surface area contributed by atoms with Crippen molar-refractivity contribution in [2.75, 3.05) is 39.9 Å². The third-order valence-electron chi connectivity index (χ3n) is 7.28. The molecular formula is C28H33N3O2. The molecule has 5 rings (SSSR count). The van der Waals surface area contributed by atoms with Crippen molar-refractivity contribution in [2.45, 2.75) is 31.7 Å². The normalized spacial score (nSPS) is 19.0. The lowest BCUT2D eigenvalue weighted by Crippen LogP contribution is -2.47. The molecule has 2 aromatic carbocycles. The van der Waals surface area contributed by atoms with E-state index in [1.165, 1.54) is 30.5 Å². The third-order valence-corrected chi connectivity index (χ3v) is 7.28. The van der Waals surface area contributed by atoms with Gasteiger partial charge in [-0.05, 0) is 73.5 Å². The van der Waals surface area contributed by atoms with Crippen LogP contribution in [0.2, 0.25) is 0 Å². The Morgan fingerprint density at radius 3 is 2.73 bits per heavy atom. The Morgan fingerprint density at radius 1 is 1.12 bits per heavy atom. The van der Waals surface area contributed by atoms with Crippen LogP contribution in [-0.4, -0.2) is 66.6 Å². The van der Waals surface area contributed by atoms with Crippen LogP contribution >= 0.6 is 0 Å². The molecule has 1 amide bonds. The summed E-state index contributed by atoms with van der Waals surface area (Å²) in [6.07, 6.45) is 6.47. The first kappa shape index (κ1) is 22.1. The van der Waals surface area contributed by atoms with Crippen molar-refractivity contribution in [2.24, 2.45) is 5.92 Å². The summed E-state index contributed by atoms with van der Waals surface area (Å²) in [6.45, 7) is 4.18. The number of fused-ring (bicyclic) bond motifs is 2. The molecule has 5 nitrogen and oxygen atoms in total. The second-order valence-corrected chi connectivity index (χ2v) is 9.49. The summed E-state index contributed by atoms with van der Waals surface area (Å²) >= 11 is 0. The highest BCUT2D eigenvalue weighted by Gasteiger charge is 2.31. The van der Waals surface area contributed by atoms with Crippen LogP contribution in [0.15, 0.2) is 60.8 Å². The number of aromatic nitrogens is 1. The number of benzene rings is 2. The van der Waals surface area contributed by atoms with Crippen molar-refractivity contribution in [1.82, 2.24) is 14.8 Å². The first-order valence-corrected chi connectivity index (χ1v) is 12.1. The first-order chi connectivity index (χ1) is 16.2. The van der Waals surface area contributed by atoms with Gasteiger partial charge in [-0.3, -0.25) is 14.7 Å². The molecule has 2 aliphatic rings. The summed E-state index contributed by atoms with van der Waals surface area (Å²) < 4.78 is 5.34. The predicted octanol–water partition coefficient (Wildman–Crippen LogP) is 4.20. The number of pyridine rings is 1. The van der Waals surface area contributed by atoms with Gasteiger partial charge in [-0.25, -0.2) is 0 Å². The molecule has 0 saturated carbocycles. The molecule has 1 saturated heterocycles. The summed E-state index contributed by atoms with van der Waals surface area (Å²) in [5.41, 5.74) is 4.66. The van der Waals surface area contributed by atoms with Crippen molar-refractivity contribution < 1.29 is 9.53 Å². The maximum absolute atomic E-state index is 13.5. The van der Waals surface area contributed by atoms with Gasteiger partial charge < -0.3 is 9.64 Å². The summed E-state index contributed by atoms with van der Waals surface area (Å²) in [4.78, 5) is 22.5. The number of nitrogens with zero attached hydrogens (tertiary/aromatic N) is 3. The standard InChI is InChI=1S/C28H33N3O2/c1-33-15-14-31(28(32)25-10-11-27-24(16-25)9-4-12-29-27)20-21-6-5-13-30(19-21)26-17-22-7-2-3-8-23(22)18-26/h2-4,7-12,16,21,26H,5-6,13-15,17-20H2,1H3. The van der Waals surface area contributed by atoms with Crippen LogP contribution in [0.3, 0.4) is 0 Å². The number of methoxy groups -OCH3 is 1. The van der Waals surface area contributed by atoms with E-state index in [-0.39, 0.29) is 5.91 Å². The molecule has 0 bridgehead atoms. The number of amides is 1. The number of rotatable bonds is 7. The van der Waals surface area contributed by atoms with Crippen molar-refractivity contribution in [1.29, 1.82) is 0 Å². The molecule has 1 aliphatic heterocycles. The van der Waals surface area contributed by atoms with E-state index in [4.69, 9.17) is 4.74 Å². The van der Waals surface area contributed by atoms with Crippen LogP contribution in [-0.2, 0) is 17.6 Å². The van der Waals surface area contributed by atoms with Crippen molar-refractivity contribution >= 4 is 16.8 Å². The number of hydrogen-bond acceptors (Lipinski definition) is 4. The topological polar surface area (TPSA) is 45.7 Å². The van der Waals surface area contributed by atoms with E-state index in [1.54, 1.807) is 13.3 Å². The number of piperidine rings is 1. The molecule has 0 N–H and O–H groups in total. The molecular weight excluding hydrogens is 410 g/mol. The van der Waals surface area contributed by atoms with E-state index >= 15 is 0 Å². The summed E-state index contributed by atoms with van der Waals surface area (Å²) in [5, 5.41) is 1.000. The second-order valence-electron chi connectivity index (χ2n) is 9.49. The monoisotopic (exact) mass is 443 g/mol. The molecule has 1 fully saturated rings. The minimum absolute atomic E-state index is 0.0863. The molecule has 1 atom stereocenters. The molecule has 1 aliphatic carbocycles. The van der Waals surface area contributed by atoms with Crippen LogP contribution in [0.25, 0.3) is 10.9 Å². The van der Waals surface area contributed by atoms with E-state index in [2.05, 4.69) is 34.1 Å². The van der Waals surface area contributed by atoms with Crippen molar-refractivity contribution in [3.8, 4) is 0 Å². The molecule has 3 aromatic rings. The van der Waals surface area contributed by atoms with E-state index < -0.39 is 0 Å². The van der Waals surface area contributed by atoms with E-state index in [0.29, 0.717) is 25.1 Å². The maximum atomic E-state index is 13.5. The highest BCUT2D eigenvalue weighted by atomic mass is 16.5. The smallest absolute Gasteiger partial charge is 0.253 e. The van der Waals surface area contributed by atoms with Crippen LogP contribution in [0, 0.1) is 5.92 Å². The van der Waals surface area contributed by atoms with Gasteiger partial charge in [-0.2, -0.15) is 0 Å². The average molecular weight is 444 g/mol. The number of likely N-dealkylation sites (tertiary alicyclic amines) is 1. The number of ether oxygens (including phenoxy) is 1. The Labute approximate surface area is 196 Å². The molecule has 2 heterocycles. The van der Waals surface area contributed by atoms with E-state index in [9.17, 15) is 4.79 Å². The van der Waals surface area contributed by atoms with E-state index in [1.807, 2.05) is 35.2 Å². The largest absolute Gasteiger partial charge is 0.383 e. The fourth-order valence-corrected chi connectivity index (χ4v) is 5.55. The highest BCUT2D eigenvalue weighted by molar-refractivity contribution is 5.97. The van der Waals surface area contributed by atoms with Gasteiger partial charge in [0.2, 0.25) is 0 Å². The van der Waals surface area contributed by atoms with Crippen molar-refractivity contribution in [3.05, 3.63) is 77.5 Å². The van der Waals surface area contributed by atoms with Crippen LogP contribution < -0.4 is 0 Å². The molecule has 0 spiro atoms. The molecule has 1 aromatic heterocycles. The highest BCUT2D eigenvalue weighted by Crippen LogP contribution is 2.29. The van der Waals surface area contributed by atoms with Gasteiger partial charge in [0.15, 0.2) is 0 Å². The zero-order valence-electron chi connectivity index (χ0n) is 19.5. The van der Waals surface area contributed by atoms with Gasteiger partial charge in [-0.15, -0.1) is 0 Å². The Balaban J connectivity index is 1.27. The minimum atomic E-state index is 0.0863. The Morgan fingerprint density at radius 2 is 1.94 bits per heavy atom. The Bertz CT molecular complexity index is 1090. The first-order valence-electron chi connectivity index (χ1n) is 12.1. The predicted molar refractivity (Wildman–Crippen MR) is 131 cm³/mol. The zero-order valence-corrected chi connectivity index (χ0v) is 19.5. The van der Waals surface area contributed by atoms with Crippen LogP contribution in [0.4, 0.5) is 0 Å². The molecule has 172 valence electrons. The fraction of sp³-hybridized carbons (Fsp3) is 0.429. The lowest BCUT2D eigenvalue weighted by Gasteiger charge is -2.38. The summed E-state index contributed by atoms with van der Waals surface area (Å²) in [7, 11) is 1.70. The Kier molecular flexibility index (Phi) is 6.70. The summed E-state index contributed by atoms with van der Waals surface area (Å²) in [5.74, 6) is 0.577. The number of carbonyl (C=O) groups is 1. The van der Waals surface area contributed by atoms with Gasteiger partial charge in [0.05, 0.1) is 12.1 Å². The number of hydrogen-bond donors (Lipinski definition) is 0. The van der Waals surface area contributed by atoms with Gasteiger partial charge in [-0.1, -0.05) is 30.3 Å². The summed E-state index contributed by atoms with van der Waals surface area (Å²) in [6, 6.07) is 19.2. The average Bonchev–Trinajstić information content (AvgIpc) is 3.30. The molecule has 5 heteroatoms. The molecule has 0 radical (unpaired) electrons. The lowest BCUT2D eigenvalue weighted by atomic mass is 9.95. The quantitative estimate of drug-likeness (QED) is 0.549. The lowest BCUT2D eigenvalue weighted by molar-refractivity contribution is 0.0573. The second kappa shape index (κ2) is 10.0. The third kappa shape index (κ3) is 4.94. The zero-order chi connectivity index (χ0) is 22.6. The van der Waals surface area contributed by atoms with E-state index in [0.717, 1.165) is 42.4 Å². The molecule has 33 heavy (non-hydrogen) atoms. The maximum Gasteiger partial charge on any atom is 0.253 e. The Hall–Kier alpha value is -2.76. The van der Waals surface area contributed by atoms with Crippen LogP contribution in [0.1, 0.15) is 34.3 Å². The van der Waals surface area contributed by atoms with Gasteiger partial charge in [0.1, 0.15) is 0 Å². The fourth-order valence-electron chi connectivity index (χ4n) is 5.55. The van der Waals surface area contributed by atoms with Crippen molar-refractivity contribution in [3.63, 3.8) is 0 Å². The SMILES string of the molecule is COCCN(CC1CCCN(C2Cc3ccccc3C2)C1)C(=O)c1ccc2ncccc2c1. The number of carbonyl (C=O) groups excluding carboxylic acids is 1. The molecule has 1 unspecified atom stereocenters. The van der Waals surface area contributed by atoms with Crippen LogP contribution in [0.5, 0.6) is 0 Å². The van der Waals surface area contributed by atoms with Gasteiger partial charge in [0.25, 0.3) is 5.91 Å². The van der Waals surface area contributed by atoms with Gasteiger partial charge >= 0.3 is 0 Å². The van der Waals surface area contributed by atoms with Gasteiger partial charge in [0, 0.05) is 49.9 Å².